The van der Waals surface area contributed by atoms with E-state index in [1.54, 1.807) is 7.11 Å². The molecular weight excluding hydrogens is 304 g/mol. The molecule has 2 amide bonds. The van der Waals surface area contributed by atoms with Gasteiger partial charge in [0, 0.05) is 31.5 Å². The summed E-state index contributed by atoms with van der Waals surface area (Å²) in [6.45, 7) is 5.44. The van der Waals surface area contributed by atoms with Crippen LogP contribution in [0.15, 0.2) is 24.3 Å². The minimum absolute atomic E-state index is 0.0770. The molecule has 1 aromatic rings. The third-order valence-corrected chi connectivity index (χ3v) is 4.85. The van der Waals surface area contributed by atoms with Gasteiger partial charge in [0.25, 0.3) is 0 Å². The molecule has 5 nitrogen and oxygen atoms in total. The molecule has 0 aliphatic carbocycles. The highest BCUT2D eigenvalue weighted by molar-refractivity contribution is 5.80. The SMILES string of the molecule is CCN(CC)C(=O)CC[C@]1(Cc2cccc(OC)c2)CCC(=O)N1. The Bertz CT molecular complexity index is 584. The summed E-state index contributed by atoms with van der Waals surface area (Å²) in [6.07, 6.45) is 3.16. The minimum atomic E-state index is -0.327. The first-order chi connectivity index (χ1) is 11.5. The van der Waals surface area contributed by atoms with Gasteiger partial charge in [-0.25, -0.2) is 0 Å². The number of carbonyl (C=O) groups excluding carboxylic acids is 2. The molecule has 1 fully saturated rings. The molecule has 0 unspecified atom stereocenters. The molecule has 132 valence electrons. The van der Waals surface area contributed by atoms with Crippen LogP contribution in [0.3, 0.4) is 0 Å². The van der Waals surface area contributed by atoms with Crippen LogP contribution < -0.4 is 10.1 Å². The molecule has 1 heterocycles. The van der Waals surface area contributed by atoms with Gasteiger partial charge in [-0.05, 0) is 50.8 Å². The number of rotatable bonds is 8. The van der Waals surface area contributed by atoms with Crippen LogP contribution in [0.4, 0.5) is 0 Å². The lowest BCUT2D eigenvalue weighted by molar-refractivity contribution is -0.131. The zero-order valence-corrected chi connectivity index (χ0v) is 14.9. The molecule has 1 N–H and O–H groups in total. The van der Waals surface area contributed by atoms with E-state index in [-0.39, 0.29) is 17.4 Å². The Labute approximate surface area is 144 Å². The van der Waals surface area contributed by atoms with Gasteiger partial charge < -0.3 is 15.0 Å². The van der Waals surface area contributed by atoms with Gasteiger partial charge in [-0.3, -0.25) is 9.59 Å². The molecule has 0 saturated carbocycles. The smallest absolute Gasteiger partial charge is 0.222 e. The first-order valence-electron chi connectivity index (χ1n) is 8.73. The average Bonchev–Trinajstić information content (AvgIpc) is 2.95. The lowest BCUT2D eigenvalue weighted by Gasteiger charge is -2.30. The Balaban J connectivity index is 2.09. The summed E-state index contributed by atoms with van der Waals surface area (Å²) in [4.78, 5) is 26.0. The van der Waals surface area contributed by atoms with Crippen molar-refractivity contribution in [3.8, 4) is 5.75 Å². The van der Waals surface area contributed by atoms with Crippen molar-refractivity contribution in [3.63, 3.8) is 0 Å². The van der Waals surface area contributed by atoms with E-state index in [4.69, 9.17) is 4.74 Å². The number of hydrogen-bond acceptors (Lipinski definition) is 3. The zero-order valence-electron chi connectivity index (χ0n) is 14.9. The van der Waals surface area contributed by atoms with Crippen LogP contribution in [0, 0.1) is 0 Å². The second-order valence-electron chi connectivity index (χ2n) is 6.42. The summed E-state index contributed by atoms with van der Waals surface area (Å²) in [6, 6.07) is 7.91. The van der Waals surface area contributed by atoms with E-state index in [0.717, 1.165) is 37.2 Å². The highest BCUT2D eigenvalue weighted by Crippen LogP contribution is 2.30. The van der Waals surface area contributed by atoms with E-state index in [0.29, 0.717) is 19.3 Å². The van der Waals surface area contributed by atoms with Gasteiger partial charge in [0.05, 0.1) is 7.11 Å². The van der Waals surface area contributed by atoms with Crippen LogP contribution in [0.2, 0.25) is 0 Å². The van der Waals surface area contributed by atoms with Crippen LogP contribution >= 0.6 is 0 Å². The number of ether oxygens (including phenoxy) is 1. The molecular formula is C19H28N2O3. The predicted octanol–water partition coefficient (Wildman–Crippen LogP) is 2.54. The molecule has 1 aliphatic heterocycles. The number of benzene rings is 1. The maximum Gasteiger partial charge on any atom is 0.222 e. The predicted molar refractivity (Wildman–Crippen MR) is 94.0 cm³/mol. The normalized spacial score (nSPS) is 19.9. The Kier molecular flexibility index (Phi) is 6.23. The molecule has 1 atom stereocenters. The quantitative estimate of drug-likeness (QED) is 0.796. The van der Waals surface area contributed by atoms with E-state index >= 15 is 0 Å². The van der Waals surface area contributed by atoms with E-state index in [1.807, 2.05) is 43.0 Å². The van der Waals surface area contributed by atoms with Gasteiger partial charge >= 0.3 is 0 Å². The number of methoxy groups -OCH3 is 1. The summed E-state index contributed by atoms with van der Waals surface area (Å²) in [5.41, 5.74) is 0.790. The third-order valence-electron chi connectivity index (χ3n) is 4.85. The summed E-state index contributed by atoms with van der Waals surface area (Å²) < 4.78 is 5.28. The van der Waals surface area contributed by atoms with E-state index < -0.39 is 0 Å². The Morgan fingerprint density at radius 3 is 2.67 bits per heavy atom. The van der Waals surface area contributed by atoms with Crippen molar-refractivity contribution >= 4 is 11.8 Å². The topological polar surface area (TPSA) is 58.6 Å². The van der Waals surface area contributed by atoms with Crippen LogP contribution in [0.1, 0.15) is 45.1 Å². The van der Waals surface area contributed by atoms with Crippen LogP contribution in [-0.4, -0.2) is 42.5 Å². The number of nitrogens with one attached hydrogen (secondary N) is 1. The number of nitrogens with zero attached hydrogens (tertiary/aromatic N) is 1. The van der Waals surface area contributed by atoms with Gasteiger partial charge in [-0.15, -0.1) is 0 Å². The van der Waals surface area contributed by atoms with E-state index in [9.17, 15) is 9.59 Å². The second kappa shape index (κ2) is 8.18. The Morgan fingerprint density at radius 2 is 2.08 bits per heavy atom. The van der Waals surface area contributed by atoms with Gasteiger partial charge in [0.2, 0.25) is 11.8 Å². The molecule has 1 aromatic carbocycles. The fourth-order valence-corrected chi connectivity index (χ4v) is 3.44. The molecule has 2 rings (SSSR count). The first kappa shape index (κ1) is 18.3. The molecule has 24 heavy (non-hydrogen) atoms. The second-order valence-corrected chi connectivity index (χ2v) is 6.42. The number of hydrogen-bond donors (Lipinski definition) is 1. The minimum Gasteiger partial charge on any atom is -0.497 e. The lowest BCUT2D eigenvalue weighted by Crippen LogP contribution is -2.45. The molecule has 0 spiro atoms. The van der Waals surface area contributed by atoms with Crippen molar-refractivity contribution in [2.45, 2.75) is 51.5 Å². The van der Waals surface area contributed by atoms with Crippen molar-refractivity contribution in [1.82, 2.24) is 10.2 Å². The average molecular weight is 332 g/mol. The molecule has 0 aromatic heterocycles. The van der Waals surface area contributed by atoms with Gasteiger partial charge in [-0.2, -0.15) is 0 Å². The van der Waals surface area contributed by atoms with Crippen molar-refractivity contribution in [2.75, 3.05) is 20.2 Å². The van der Waals surface area contributed by atoms with Crippen molar-refractivity contribution < 1.29 is 14.3 Å². The van der Waals surface area contributed by atoms with Crippen molar-refractivity contribution in [1.29, 1.82) is 0 Å². The van der Waals surface area contributed by atoms with Gasteiger partial charge in [0.15, 0.2) is 0 Å². The van der Waals surface area contributed by atoms with Crippen LogP contribution in [-0.2, 0) is 16.0 Å². The Morgan fingerprint density at radius 1 is 1.33 bits per heavy atom. The largest absolute Gasteiger partial charge is 0.497 e. The standard InChI is InChI=1S/C19H28N2O3/c1-4-21(5-2)18(23)10-12-19(11-9-17(22)20-19)14-15-7-6-8-16(13-15)24-3/h6-8,13H,4-5,9-12,14H2,1-3H3,(H,20,22)/t19-/m0/s1. The third kappa shape index (κ3) is 4.49. The zero-order chi connectivity index (χ0) is 17.6. The van der Waals surface area contributed by atoms with Crippen LogP contribution in [0.25, 0.3) is 0 Å². The van der Waals surface area contributed by atoms with Crippen molar-refractivity contribution in [3.05, 3.63) is 29.8 Å². The maximum absolute atomic E-state index is 12.3. The molecule has 5 heteroatoms. The number of carbonyl (C=O) groups is 2. The first-order valence-corrected chi connectivity index (χ1v) is 8.73. The summed E-state index contributed by atoms with van der Waals surface area (Å²) in [5, 5.41) is 3.13. The van der Waals surface area contributed by atoms with Gasteiger partial charge in [0.1, 0.15) is 5.75 Å². The van der Waals surface area contributed by atoms with Crippen molar-refractivity contribution in [2.24, 2.45) is 0 Å². The molecule has 0 bridgehead atoms. The van der Waals surface area contributed by atoms with E-state index in [2.05, 4.69) is 5.32 Å². The molecule has 1 saturated heterocycles. The highest BCUT2D eigenvalue weighted by Gasteiger charge is 2.38. The Hall–Kier alpha value is -2.04. The van der Waals surface area contributed by atoms with Gasteiger partial charge in [-0.1, -0.05) is 12.1 Å². The van der Waals surface area contributed by atoms with E-state index in [1.165, 1.54) is 0 Å². The highest BCUT2D eigenvalue weighted by atomic mass is 16.5. The number of amides is 2. The van der Waals surface area contributed by atoms with Crippen LogP contribution in [0.5, 0.6) is 5.75 Å². The fourth-order valence-electron chi connectivity index (χ4n) is 3.44. The molecule has 1 aliphatic rings. The fraction of sp³-hybridized carbons (Fsp3) is 0.579. The molecule has 0 radical (unpaired) electrons. The summed E-state index contributed by atoms with van der Waals surface area (Å²) in [7, 11) is 1.65. The monoisotopic (exact) mass is 332 g/mol. The summed E-state index contributed by atoms with van der Waals surface area (Å²) >= 11 is 0. The lowest BCUT2D eigenvalue weighted by atomic mass is 9.85. The summed E-state index contributed by atoms with van der Waals surface area (Å²) in [5.74, 6) is 1.05. The maximum atomic E-state index is 12.3.